The summed E-state index contributed by atoms with van der Waals surface area (Å²) in [7, 11) is 0. The van der Waals surface area contributed by atoms with Crippen LogP contribution in [0, 0.1) is 5.82 Å². The number of nitrogens with one attached hydrogen (secondary N) is 2. The van der Waals surface area contributed by atoms with Crippen LogP contribution in [0.1, 0.15) is 38.5 Å². The van der Waals surface area contributed by atoms with Crippen LogP contribution in [0.4, 0.5) is 15.8 Å². The van der Waals surface area contributed by atoms with Crippen LogP contribution in [-0.4, -0.2) is 11.8 Å². The fraction of sp³-hybridized carbons (Fsp3) is 0.300. The Morgan fingerprint density at radius 2 is 1.16 bits per heavy atom. The Balaban J connectivity index is 1.52. The van der Waals surface area contributed by atoms with Crippen LogP contribution in [0.15, 0.2) is 54.6 Å². The number of anilines is 2. The molecule has 0 heterocycles. The predicted octanol–water partition coefficient (Wildman–Crippen LogP) is 4.74. The lowest BCUT2D eigenvalue weighted by atomic mass is 10.1. The van der Waals surface area contributed by atoms with Crippen LogP contribution < -0.4 is 10.6 Å². The lowest BCUT2D eigenvalue weighted by Crippen LogP contribution is -2.11. The van der Waals surface area contributed by atoms with Gasteiger partial charge < -0.3 is 10.6 Å². The maximum absolute atomic E-state index is 12.8. The van der Waals surface area contributed by atoms with Gasteiger partial charge in [-0.25, -0.2) is 4.39 Å². The smallest absolute Gasteiger partial charge is 0.224 e. The molecule has 0 saturated carbocycles. The van der Waals surface area contributed by atoms with E-state index in [1.54, 1.807) is 12.1 Å². The van der Waals surface area contributed by atoms with Crippen molar-refractivity contribution in [3.05, 3.63) is 60.4 Å². The number of amides is 2. The van der Waals surface area contributed by atoms with Crippen molar-refractivity contribution in [2.45, 2.75) is 38.5 Å². The zero-order valence-electron chi connectivity index (χ0n) is 14.1. The average Bonchev–Trinajstić information content (AvgIpc) is 2.61. The first-order valence-corrected chi connectivity index (χ1v) is 8.54. The summed E-state index contributed by atoms with van der Waals surface area (Å²) in [6, 6.07) is 15.1. The highest BCUT2D eigenvalue weighted by molar-refractivity contribution is 5.91. The summed E-state index contributed by atoms with van der Waals surface area (Å²) in [6.45, 7) is 0. The maximum Gasteiger partial charge on any atom is 0.224 e. The first-order chi connectivity index (χ1) is 12.1. The summed E-state index contributed by atoms with van der Waals surface area (Å²) in [4.78, 5) is 23.6. The van der Waals surface area contributed by atoms with E-state index < -0.39 is 0 Å². The lowest BCUT2D eigenvalue weighted by Gasteiger charge is -2.06. The first-order valence-electron chi connectivity index (χ1n) is 8.54. The van der Waals surface area contributed by atoms with Crippen molar-refractivity contribution in [2.75, 3.05) is 10.6 Å². The summed E-state index contributed by atoms with van der Waals surface area (Å²) >= 11 is 0. The molecule has 0 saturated heterocycles. The van der Waals surface area contributed by atoms with Crippen molar-refractivity contribution in [3.8, 4) is 0 Å². The molecule has 2 N–H and O–H groups in total. The molecule has 2 aromatic carbocycles. The quantitative estimate of drug-likeness (QED) is 0.647. The summed E-state index contributed by atoms with van der Waals surface area (Å²) in [5.41, 5.74) is 1.41. The SMILES string of the molecule is O=C(CCCCCCC(=O)Nc1ccc(F)cc1)Nc1ccccc1. The second kappa shape index (κ2) is 10.2. The largest absolute Gasteiger partial charge is 0.326 e. The molecular weight excluding hydrogens is 319 g/mol. The Hall–Kier alpha value is -2.69. The monoisotopic (exact) mass is 342 g/mol. The van der Waals surface area contributed by atoms with Crippen LogP contribution in [-0.2, 0) is 9.59 Å². The first kappa shape index (κ1) is 18.6. The molecule has 2 aromatic rings. The van der Waals surface area contributed by atoms with Gasteiger partial charge in [-0.2, -0.15) is 0 Å². The van der Waals surface area contributed by atoms with Gasteiger partial charge in [-0.05, 0) is 49.2 Å². The van der Waals surface area contributed by atoms with E-state index in [0.29, 0.717) is 18.5 Å². The van der Waals surface area contributed by atoms with Gasteiger partial charge in [-0.1, -0.05) is 31.0 Å². The molecule has 2 amide bonds. The maximum atomic E-state index is 12.8. The van der Waals surface area contributed by atoms with Gasteiger partial charge in [0.1, 0.15) is 5.82 Å². The second-order valence-electron chi connectivity index (χ2n) is 5.88. The van der Waals surface area contributed by atoms with Gasteiger partial charge in [0.15, 0.2) is 0 Å². The van der Waals surface area contributed by atoms with Crippen molar-refractivity contribution in [2.24, 2.45) is 0 Å². The van der Waals surface area contributed by atoms with Crippen LogP contribution in [0.5, 0.6) is 0 Å². The number of carbonyl (C=O) groups is 2. The van der Waals surface area contributed by atoms with Crippen LogP contribution in [0.25, 0.3) is 0 Å². The van der Waals surface area contributed by atoms with Crippen molar-refractivity contribution < 1.29 is 14.0 Å². The third kappa shape index (κ3) is 7.61. The fourth-order valence-corrected chi connectivity index (χ4v) is 2.43. The Morgan fingerprint density at radius 3 is 1.68 bits per heavy atom. The van der Waals surface area contributed by atoms with E-state index >= 15 is 0 Å². The summed E-state index contributed by atoms with van der Waals surface area (Å²) in [6.07, 6.45) is 4.29. The average molecular weight is 342 g/mol. The molecule has 5 heteroatoms. The minimum atomic E-state index is -0.325. The zero-order valence-corrected chi connectivity index (χ0v) is 14.1. The van der Waals surface area contributed by atoms with Gasteiger partial charge in [0.25, 0.3) is 0 Å². The molecule has 0 aliphatic heterocycles. The highest BCUT2D eigenvalue weighted by Crippen LogP contribution is 2.11. The molecule has 0 radical (unpaired) electrons. The summed E-state index contributed by atoms with van der Waals surface area (Å²) in [5.74, 6) is -0.386. The van der Waals surface area contributed by atoms with Gasteiger partial charge in [-0.3, -0.25) is 9.59 Å². The van der Waals surface area contributed by atoms with Crippen molar-refractivity contribution in [3.63, 3.8) is 0 Å². The minimum absolute atomic E-state index is 0.0141. The van der Waals surface area contributed by atoms with Crippen LogP contribution >= 0.6 is 0 Å². The van der Waals surface area contributed by atoms with Gasteiger partial charge in [0.2, 0.25) is 11.8 Å². The molecule has 0 aliphatic carbocycles. The van der Waals surface area contributed by atoms with Crippen LogP contribution in [0.3, 0.4) is 0 Å². The number of rotatable bonds is 9. The minimum Gasteiger partial charge on any atom is -0.326 e. The van der Waals surface area contributed by atoms with Gasteiger partial charge in [0.05, 0.1) is 0 Å². The molecule has 0 bridgehead atoms. The number of unbranched alkanes of at least 4 members (excludes halogenated alkanes) is 3. The normalized spacial score (nSPS) is 10.3. The fourth-order valence-electron chi connectivity index (χ4n) is 2.43. The predicted molar refractivity (Wildman–Crippen MR) is 97.8 cm³/mol. The molecular formula is C20H23FN2O2. The number of halogens is 1. The van der Waals surface area contributed by atoms with E-state index in [2.05, 4.69) is 10.6 Å². The van der Waals surface area contributed by atoms with Gasteiger partial charge >= 0.3 is 0 Å². The van der Waals surface area contributed by atoms with E-state index in [1.807, 2.05) is 30.3 Å². The van der Waals surface area contributed by atoms with Gasteiger partial charge in [0, 0.05) is 24.2 Å². The van der Waals surface area contributed by atoms with Gasteiger partial charge in [-0.15, -0.1) is 0 Å². The van der Waals surface area contributed by atoms with Crippen molar-refractivity contribution >= 4 is 23.2 Å². The molecule has 0 aliphatic rings. The summed E-state index contributed by atoms with van der Waals surface area (Å²) in [5, 5.41) is 5.59. The van der Waals surface area contributed by atoms with E-state index in [0.717, 1.165) is 31.4 Å². The number of benzene rings is 2. The number of carbonyl (C=O) groups excluding carboxylic acids is 2. The highest BCUT2D eigenvalue weighted by atomic mass is 19.1. The molecule has 0 fully saturated rings. The molecule has 0 atom stereocenters. The second-order valence-corrected chi connectivity index (χ2v) is 5.88. The summed E-state index contributed by atoms with van der Waals surface area (Å²) < 4.78 is 12.8. The molecule has 0 spiro atoms. The molecule has 0 unspecified atom stereocenters. The Bertz CT molecular complexity index is 672. The van der Waals surface area contributed by atoms with E-state index in [-0.39, 0.29) is 17.6 Å². The Labute approximate surface area is 147 Å². The van der Waals surface area contributed by atoms with E-state index in [4.69, 9.17) is 0 Å². The third-order valence-corrected chi connectivity index (χ3v) is 3.74. The molecule has 25 heavy (non-hydrogen) atoms. The molecule has 2 rings (SSSR count). The standard InChI is InChI=1S/C20H23FN2O2/c21-16-12-14-18(15-13-16)23-20(25)11-7-2-1-6-10-19(24)22-17-8-4-3-5-9-17/h3-5,8-9,12-15H,1-2,6-7,10-11H2,(H,22,24)(H,23,25). The molecule has 4 nitrogen and oxygen atoms in total. The highest BCUT2D eigenvalue weighted by Gasteiger charge is 2.04. The zero-order chi connectivity index (χ0) is 17.9. The number of para-hydroxylation sites is 1. The topological polar surface area (TPSA) is 58.2 Å². The Morgan fingerprint density at radius 1 is 0.680 bits per heavy atom. The van der Waals surface area contributed by atoms with E-state index in [1.165, 1.54) is 12.1 Å². The van der Waals surface area contributed by atoms with Crippen molar-refractivity contribution in [1.82, 2.24) is 0 Å². The lowest BCUT2D eigenvalue weighted by molar-refractivity contribution is -0.117. The Kier molecular flexibility index (Phi) is 7.63. The van der Waals surface area contributed by atoms with Crippen molar-refractivity contribution in [1.29, 1.82) is 0 Å². The number of hydrogen-bond acceptors (Lipinski definition) is 2. The molecule has 0 aromatic heterocycles. The third-order valence-electron chi connectivity index (χ3n) is 3.74. The van der Waals surface area contributed by atoms with Crippen LogP contribution in [0.2, 0.25) is 0 Å². The number of hydrogen-bond donors (Lipinski definition) is 2. The molecule has 132 valence electrons. The van der Waals surface area contributed by atoms with E-state index in [9.17, 15) is 14.0 Å².